The number of hydrogen-bond acceptors (Lipinski definition) is 3. The van der Waals surface area contributed by atoms with Crippen LogP contribution in [0.2, 0.25) is 0 Å². The highest BCUT2D eigenvalue weighted by atomic mass is 19.4. The van der Waals surface area contributed by atoms with Gasteiger partial charge in [0.2, 0.25) is 5.91 Å². The van der Waals surface area contributed by atoms with Crippen LogP contribution in [-0.2, 0) is 4.79 Å². The molecule has 1 N–H and O–H groups in total. The molecule has 118 valence electrons. The summed E-state index contributed by atoms with van der Waals surface area (Å²) < 4.78 is 42.2. The van der Waals surface area contributed by atoms with E-state index < -0.39 is 25.2 Å². The lowest BCUT2D eigenvalue weighted by Crippen LogP contribution is -2.41. The summed E-state index contributed by atoms with van der Waals surface area (Å²) in [5.74, 6) is -0.147. The van der Waals surface area contributed by atoms with Crippen molar-refractivity contribution in [2.24, 2.45) is 0 Å². The SMILES string of the molecule is Cc1ccc(OCCC(=O)N(CCO)CC(F)(F)F)cc1. The summed E-state index contributed by atoms with van der Waals surface area (Å²) in [5, 5.41) is 8.72. The van der Waals surface area contributed by atoms with Gasteiger partial charge >= 0.3 is 6.18 Å². The fraction of sp³-hybridized carbons (Fsp3) is 0.500. The number of benzene rings is 1. The fourth-order valence-corrected chi connectivity index (χ4v) is 1.68. The zero-order valence-electron chi connectivity index (χ0n) is 11.7. The Bertz CT molecular complexity index is 446. The highest BCUT2D eigenvalue weighted by Crippen LogP contribution is 2.17. The third-order valence-corrected chi connectivity index (χ3v) is 2.70. The molecule has 0 saturated carbocycles. The average Bonchev–Trinajstić information content (AvgIpc) is 2.39. The van der Waals surface area contributed by atoms with Gasteiger partial charge in [-0.1, -0.05) is 17.7 Å². The van der Waals surface area contributed by atoms with Crippen molar-refractivity contribution in [3.63, 3.8) is 0 Å². The minimum absolute atomic E-state index is 0.0122. The van der Waals surface area contributed by atoms with Gasteiger partial charge in [0.1, 0.15) is 12.3 Å². The van der Waals surface area contributed by atoms with Crippen molar-refractivity contribution in [3.05, 3.63) is 29.8 Å². The van der Waals surface area contributed by atoms with Crippen LogP contribution >= 0.6 is 0 Å². The smallest absolute Gasteiger partial charge is 0.406 e. The van der Waals surface area contributed by atoms with Gasteiger partial charge in [-0.15, -0.1) is 0 Å². The van der Waals surface area contributed by atoms with E-state index in [-0.39, 0.29) is 19.6 Å². The first kappa shape index (κ1) is 17.3. The lowest BCUT2D eigenvalue weighted by Gasteiger charge is -2.23. The number of hydrogen-bond donors (Lipinski definition) is 1. The van der Waals surface area contributed by atoms with E-state index in [0.717, 1.165) is 5.56 Å². The standard InChI is InChI=1S/C14H18F3NO3/c1-11-2-4-12(5-3-11)21-9-6-13(20)18(7-8-19)10-14(15,16)17/h2-5,19H,6-10H2,1H3. The van der Waals surface area contributed by atoms with Crippen LogP contribution in [0.5, 0.6) is 5.75 Å². The first-order valence-corrected chi connectivity index (χ1v) is 6.46. The van der Waals surface area contributed by atoms with Crippen LogP contribution in [-0.4, -0.2) is 48.4 Å². The molecule has 0 aliphatic carbocycles. The summed E-state index contributed by atoms with van der Waals surface area (Å²) in [4.78, 5) is 12.3. The molecule has 0 fully saturated rings. The molecule has 1 aromatic rings. The monoisotopic (exact) mass is 305 g/mol. The summed E-state index contributed by atoms with van der Waals surface area (Å²) in [5.41, 5.74) is 1.05. The lowest BCUT2D eigenvalue weighted by atomic mass is 10.2. The van der Waals surface area contributed by atoms with Gasteiger partial charge in [-0.25, -0.2) is 0 Å². The van der Waals surface area contributed by atoms with Crippen LogP contribution in [0.1, 0.15) is 12.0 Å². The Morgan fingerprint density at radius 3 is 2.43 bits per heavy atom. The number of aliphatic hydroxyl groups excluding tert-OH is 1. The molecule has 0 unspecified atom stereocenters. The molecule has 7 heteroatoms. The molecule has 21 heavy (non-hydrogen) atoms. The maximum atomic E-state index is 12.3. The summed E-state index contributed by atoms with van der Waals surface area (Å²) in [6.07, 6.45) is -4.66. The second-order valence-corrected chi connectivity index (χ2v) is 4.57. The van der Waals surface area contributed by atoms with Crippen molar-refractivity contribution in [2.75, 3.05) is 26.3 Å². The van der Waals surface area contributed by atoms with Crippen molar-refractivity contribution in [2.45, 2.75) is 19.5 Å². The largest absolute Gasteiger partial charge is 0.493 e. The predicted molar refractivity (Wildman–Crippen MR) is 71.0 cm³/mol. The van der Waals surface area contributed by atoms with E-state index in [1.54, 1.807) is 12.1 Å². The Hall–Kier alpha value is -1.76. The van der Waals surface area contributed by atoms with E-state index in [0.29, 0.717) is 10.6 Å². The molecule has 0 spiro atoms. The number of rotatable bonds is 7. The van der Waals surface area contributed by atoms with Crippen LogP contribution in [0.4, 0.5) is 13.2 Å². The Morgan fingerprint density at radius 1 is 1.29 bits per heavy atom. The quantitative estimate of drug-likeness (QED) is 0.840. The number of alkyl halides is 3. The van der Waals surface area contributed by atoms with Gasteiger partial charge in [-0.2, -0.15) is 13.2 Å². The Labute approximate surface area is 121 Å². The first-order chi connectivity index (χ1) is 9.81. The third-order valence-electron chi connectivity index (χ3n) is 2.70. The van der Waals surface area contributed by atoms with Crippen molar-refractivity contribution < 1.29 is 27.8 Å². The predicted octanol–water partition coefficient (Wildman–Crippen LogP) is 2.15. The van der Waals surface area contributed by atoms with E-state index >= 15 is 0 Å². The maximum absolute atomic E-state index is 12.3. The van der Waals surface area contributed by atoms with Crippen molar-refractivity contribution in [1.29, 1.82) is 0 Å². The van der Waals surface area contributed by atoms with Crippen LogP contribution < -0.4 is 4.74 Å². The van der Waals surface area contributed by atoms with Crippen LogP contribution in [0.15, 0.2) is 24.3 Å². The minimum Gasteiger partial charge on any atom is -0.493 e. The highest BCUT2D eigenvalue weighted by Gasteiger charge is 2.32. The van der Waals surface area contributed by atoms with E-state index in [4.69, 9.17) is 9.84 Å². The lowest BCUT2D eigenvalue weighted by molar-refractivity contribution is -0.162. The molecule has 0 atom stereocenters. The number of nitrogens with zero attached hydrogens (tertiary/aromatic N) is 1. The first-order valence-electron chi connectivity index (χ1n) is 6.46. The number of amides is 1. The topological polar surface area (TPSA) is 49.8 Å². The van der Waals surface area contributed by atoms with Crippen molar-refractivity contribution in [1.82, 2.24) is 4.90 Å². The molecule has 0 aliphatic rings. The average molecular weight is 305 g/mol. The normalized spacial score (nSPS) is 11.3. The molecular weight excluding hydrogens is 287 g/mol. The van der Waals surface area contributed by atoms with Crippen molar-refractivity contribution in [3.8, 4) is 5.75 Å². The van der Waals surface area contributed by atoms with Gasteiger partial charge in [0.25, 0.3) is 0 Å². The summed E-state index contributed by atoms with van der Waals surface area (Å²) >= 11 is 0. The highest BCUT2D eigenvalue weighted by molar-refractivity contribution is 5.76. The zero-order valence-corrected chi connectivity index (χ0v) is 11.7. The summed E-state index contributed by atoms with van der Waals surface area (Å²) in [6, 6.07) is 7.11. The summed E-state index contributed by atoms with van der Waals surface area (Å²) in [6.45, 7) is -0.320. The molecule has 0 aromatic heterocycles. The fourth-order valence-electron chi connectivity index (χ4n) is 1.68. The molecular formula is C14H18F3NO3. The summed E-state index contributed by atoms with van der Waals surface area (Å²) in [7, 11) is 0. The number of aryl methyl sites for hydroxylation is 1. The number of halogens is 3. The molecule has 0 saturated heterocycles. The molecule has 1 aromatic carbocycles. The molecule has 1 amide bonds. The number of aliphatic hydroxyl groups is 1. The molecule has 4 nitrogen and oxygen atoms in total. The van der Waals surface area contributed by atoms with Gasteiger partial charge in [0.05, 0.1) is 19.6 Å². The third kappa shape index (κ3) is 6.99. The van der Waals surface area contributed by atoms with Crippen molar-refractivity contribution >= 4 is 5.91 Å². The second kappa shape index (κ2) is 7.87. The maximum Gasteiger partial charge on any atom is 0.406 e. The minimum atomic E-state index is -4.48. The van der Waals surface area contributed by atoms with Gasteiger partial charge < -0.3 is 14.7 Å². The molecule has 0 heterocycles. The molecule has 0 aliphatic heterocycles. The van der Waals surface area contributed by atoms with Crippen LogP contribution in [0.3, 0.4) is 0 Å². The van der Waals surface area contributed by atoms with Crippen LogP contribution in [0, 0.1) is 6.92 Å². The number of carbonyl (C=O) groups is 1. The van der Waals surface area contributed by atoms with E-state index in [9.17, 15) is 18.0 Å². The molecule has 0 bridgehead atoms. The van der Waals surface area contributed by atoms with E-state index in [2.05, 4.69) is 0 Å². The Morgan fingerprint density at radius 2 is 1.90 bits per heavy atom. The Balaban J connectivity index is 2.44. The van der Waals surface area contributed by atoms with E-state index in [1.807, 2.05) is 19.1 Å². The Kier molecular flexibility index (Phi) is 6.48. The van der Waals surface area contributed by atoms with Gasteiger partial charge in [0, 0.05) is 6.54 Å². The van der Waals surface area contributed by atoms with Gasteiger partial charge in [0.15, 0.2) is 0 Å². The van der Waals surface area contributed by atoms with E-state index in [1.165, 1.54) is 0 Å². The number of carbonyl (C=O) groups excluding carboxylic acids is 1. The number of ether oxygens (including phenoxy) is 1. The molecule has 0 radical (unpaired) electrons. The second-order valence-electron chi connectivity index (χ2n) is 4.57. The zero-order chi connectivity index (χ0) is 15.9. The van der Waals surface area contributed by atoms with Gasteiger partial charge in [-0.05, 0) is 19.1 Å². The van der Waals surface area contributed by atoms with Gasteiger partial charge in [-0.3, -0.25) is 4.79 Å². The van der Waals surface area contributed by atoms with Crippen LogP contribution in [0.25, 0.3) is 0 Å². The molecule has 1 rings (SSSR count).